The summed E-state index contributed by atoms with van der Waals surface area (Å²) in [5, 5.41) is 0.660. The highest BCUT2D eigenvalue weighted by molar-refractivity contribution is 6.30. The van der Waals surface area contributed by atoms with E-state index in [1.165, 1.54) is 7.11 Å². The van der Waals surface area contributed by atoms with Gasteiger partial charge in [-0.3, -0.25) is 4.79 Å². The average Bonchev–Trinajstić information content (AvgIpc) is 3.09. The van der Waals surface area contributed by atoms with Gasteiger partial charge in [-0.25, -0.2) is 4.79 Å². The van der Waals surface area contributed by atoms with Crippen LogP contribution in [0.15, 0.2) is 41.1 Å². The maximum atomic E-state index is 13.1. The Labute approximate surface area is 182 Å². The van der Waals surface area contributed by atoms with Crippen LogP contribution in [0.4, 0.5) is 0 Å². The maximum Gasteiger partial charge on any atom is 0.340 e. The van der Waals surface area contributed by atoms with Crippen LogP contribution in [-0.4, -0.2) is 34.5 Å². The molecule has 1 aromatic heterocycles. The van der Waals surface area contributed by atoms with Gasteiger partial charge in [-0.2, -0.15) is 0 Å². The van der Waals surface area contributed by atoms with Crippen LogP contribution in [0.1, 0.15) is 43.3 Å². The van der Waals surface area contributed by atoms with E-state index in [9.17, 15) is 9.59 Å². The van der Waals surface area contributed by atoms with Gasteiger partial charge >= 0.3 is 5.97 Å². The fourth-order valence-corrected chi connectivity index (χ4v) is 4.27. The van der Waals surface area contributed by atoms with Crippen LogP contribution in [0.25, 0.3) is 11.8 Å². The number of carbonyl (C=O) groups excluding carboxylic acids is 2. The third kappa shape index (κ3) is 3.58. The zero-order valence-electron chi connectivity index (χ0n) is 18.5. The monoisotopic (exact) mass is 426 g/mol. The molecule has 0 fully saturated rings. The molecular formula is C24H27ClN2O3. The van der Waals surface area contributed by atoms with Crippen molar-refractivity contribution >= 4 is 29.6 Å². The third-order valence-corrected chi connectivity index (χ3v) is 5.76. The Balaban J connectivity index is 2.19. The van der Waals surface area contributed by atoms with E-state index in [1.54, 1.807) is 17.9 Å². The fourth-order valence-electron chi connectivity index (χ4n) is 4.10. The summed E-state index contributed by atoms with van der Waals surface area (Å²) in [7, 11) is 1.33. The SMILES string of the molecule is COC(=O)C1=C(C)N(C(C)C)C(=O)/C1=C\c1cc(C)n(-c2cc(Cl)ccc2C)c1C. The quantitative estimate of drug-likeness (QED) is 0.502. The van der Waals surface area contributed by atoms with Gasteiger partial charge in [0.1, 0.15) is 0 Å². The molecule has 2 aromatic rings. The third-order valence-electron chi connectivity index (χ3n) is 5.53. The summed E-state index contributed by atoms with van der Waals surface area (Å²) in [5.41, 5.74) is 6.22. The Morgan fingerprint density at radius 1 is 1.13 bits per heavy atom. The number of hydrogen-bond acceptors (Lipinski definition) is 3. The van der Waals surface area contributed by atoms with Crippen LogP contribution in [0.3, 0.4) is 0 Å². The second-order valence-electron chi connectivity index (χ2n) is 7.87. The van der Waals surface area contributed by atoms with Crippen molar-refractivity contribution in [2.75, 3.05) is 7.11 Å². The topological polar surface area (TPSA) is 51.5 Å². The number of rotatable bonds is 4. The Hall–Kier alpha value is -2.79. The number of benzene rings is 1. The first kappa shape index (κ1) is 21.9. The van der Waals surface area contributed by atoms with Gasteiger partial charge in [-0.1, -0.05) is 17.7 Å². The summed E-state index contributed by atoms with van der Waals surface area (Å²) in [4.78, 5) is 27.3. The average molecular weight is 427 g/mol. The molecule has 0 unspecified atom stereocenters. The van der Waals surface area contributed by atoms with Crippen molar-refractivity contribution in [2.45, 2.75) is 47.6 Å². The van der Waals surface area contributed by atoms with E-state index in [-0.39, 0.29) is 11.9 Å². The molecule has 158 valence electrons. The first-order valence-electron chi connectivity index (χ1n) is 9.88. The lowest BCUT2D eigenvalue weighted by Gasteiger charge is -2.22. The molecule has 1 aliphatic heterocycles. The molecule has 3 rings (SSSR count). The van der Waals surface area contributed by atoms with Crippen LogP contribution in [0.5, 0.6) is 0 Å². The molecule has 0 spiro atoms. The number of methoxy groups -OCH3 is 1. The molecular weight excluding hydrogens is 400 g/mol. The Morgan fingerprint density at radius 3 is 2.40 bits per heavy atom. The molecule has 0 atom stereocenters. The van der Waals surface area contributed by atoms with Gasteiger partial charge in [0.05, 0.1) is 18.3 Å². The largest absolute Gasteiger partial charge is 0.465 e. The molecule has 0 aliphatic carbocycles. The lowest BCUT2D eigenvalue weighted by atomic mass is 10.0. The predicted octanol–water partition coefficient (Wildman–Crippen LogP) is 5.14. The molecule has 0 N–H and O–H groups in total. The van der Waals surface area contributed by atoms with Crippen LogP contribution >= 0.6 is 11.6 Å². The zero-order valence-corrected chi connectivity index (χ0v) is 19.2. The van der Waals surface area contributed by atoms with Crippen molar-refractivity contribution in [1.82, 2.24) is 9.47 Å². The number of aromatic nitrogens is 1. The smallest absolute Gasteiger partial charge is 0.340 e. The fraction of sp³-hybridized carbons (Fsp3) is 0.333. The highest BCUT2D eigenvalue weighted by atomic mass is 35.5. The summed E-state index contributed by atoms with van der Waals surface area (Å²) in [6.07, 6.45) is 1.79. The predicted molar refractivity (Wildman–Crippen MR) is 120 cm³/mol. The molecule has 0 saturated carbocycles. The molecule has 1 aliphatic rings. The number of hydrogen-bond donors (Lipinski definition) is 0. The lowest BCUT2D eigenvalue weighted by molar-refractivity contribution is -0.136. The van der Waals surface area contributed by atoms with E-state index in [4.69, 9.17) is 16.3 Å². The van der Waals surface area contributed by atoms with Crippen LogP contribution in [0.2, 0.25) is 5.02 Å². The van der Waals surface area contributed by atoms with E-state index >= 15 is 0 Å². The normalized spacial score (nSPS) is 15.7. The van der Waals surface area contributed by atoms with Gasteiger partial charge in [0, 0.05) is 33.8 Å². The Kier molecular flexibility index (Phi) is 5.95. The zero-order chi connectivity index (χ0) is 22.3. The Bertz CT molecular complexity index is 1110. The van der Waals surface area contributed by atoms with Crippen LogP contribution < -0.4 is 0 Å². The first-order chi connectivity index (χ1) is 14.1. The minimum absolute atomic E-state index is 0.0652. The Morgan fingerprint density at radius 2 is 1.80 bits per heavy atom. The minimum Gasteiger partial charge on any atom is -0.465 e. The second-order valence-corrected chi connectivity index (χ2v) is 8.31. The van der Waals surface area contributed by atoms with E-state index in [2.05, 4.69) is 4.57 Å². The highest BCUT2D eigenvalue weighted by Gasteiger charge is 2.38. The van der Waals surface area contributed by atoms with Gasteiger partial charge in [-0.15, -0.1) is 0 Å². The first-order valence-corrected chi connectivity index (χ1v) is 10.3. The summed E-state index contributed by atoms with van der Waals surface area (Å²) >= 11 is 6.23. The number of ether oxygens (including phenoxy) is 1. The van der Waals surface area contributed by atoms with Crippen molar-refractivity contribution < 1.29 is 14.3 Å². The molecule has 0 saturated heterocycles. The van der Waals surface area contributed by atoms with E-state index in [1.807, 2.05) is 58.9 Å². The highest BCUT2D eigenvalue weighted by Crippen LogP contribution is 2.34. The second kappa shape index (κ2) is 8.15. The van der Waals surface area contributed by atoms with Crippen molar-refractivity contribution in [3.8, 4) is 5.69 Å². The molecule has 1 aromatic carbocycles. The minimum atomic E-state index is -0.505. The maximum absolute atomic E-state index is 13.1. The molecule has 30 heavy (non-hydrogen) atoms. The number of nitrogens with zero attached hydrogens (tertiary/aromatic N) is 2. The summed E-state index contributed by atoms with van der Waals surface area (Å²) in [6, 6.07) is 7.73. The van der Waals surface area contributed by atoms with E-state index in [0.29, 0.717) is 21.9 Å². The summed E-state index contributed by atoms with van der Waals surface area (Å²) < 4.78 is 7.08. The molecule has 5 nitrogen and oxygen atoms in total. The number of esters is 1. The van der Waals surface area contributed by atoms with Gasteiger partial charge in [0.25, 0.3) is 5.91 Å². The lowest BCUT2D eigenvalue weighted by Crippen LogP contribution is -2.31. The van der Waals surface area contributed by atoms with E-state index < -0.39 is 5.97 Å². The van der Waals surface area contributed by atoms with Crippen LogP contribution in [-0.2, 0) is 14.3 Å². The van der Waals surface area contributed by atoms with Crippen LogP contribution in [0, 0.1) is 20.8 Å². The van der Waals surface area contributed by atoms with Crippen molar-refractivity contribution in [2.24, 2.45) is 0 Å². The van der Waals surface area contributed by atoms with E-state index in [0.717, 1.165) is 28.2 Å². The molecule has 1 amide bonds. The number of amides is 1. The standard InChI is InChI=1S/C24H27ClN2O3/c1-13(2)26-17(6)22(24(29)30-7)20(23(26)28)11-18-10-15(4)27(16(18)5)21-12-19(25)9-8-14(21)3/h8-13H,1-7H3/b20-11-. The van der Waals surface area contributed by atoms with Crippen molar-refractivity contribution in [1.29, 1.82) is 0 Å². The van der Waals surface area contributed by atoms with Gasteiger partial charge in [0.2, 0.25) is 0 Å². The number of halogens is 1. The van der Waals surface area contributed by atoms with Crippen molar-refractivity contribution in [3.63, 3.8) is 0 Å². The number of carbonyl (C=O) groups is 2. The number of allylic oxidation sites excluding steroid dienone is 1. The van der Waals surface area contributed by atoms with Gasteiger partial charge < -0.3 is 14.2 Å². The summed E-state index contributed by atoms with van der Waals surface area (Å²) in [5.74, 6) is -0.693. The molecule has 0 bridgehead atoms. The number of aryl methyl sites for hydroxylation is 2. The summed E-state index contributed by atoms with van der Waals surface area (Å²) in [6.45, 7) is 11.7. The van der Waals surface area contributed by atoms with Gasteiger partial charge in [0.15, 0.2) is 0 Å². The van der Waals surface area contributed by atoms with Gasteiger partial charge in [-0.05, 0) is 76.9 Å². The van der Waals surface area contributed by atoms with Crippen molar-refractivity contribution in [3.05, 3.63) is 68.6 Å². The molecule has 6 heteroatoms. The molecule has 0 radical (unpaired) electrons. The molecule has 2 heterocycles.